The quantitative estimate of drug-likeness (QED) is 0.521. The number of thiazole rings is 1. The van der Waals surface area contributed by atoms with Crippen LogP contribution in [0.3, 0.4) is 0 Å². The molecule has 130 valence electrons. The summed E-state index contributed by atoms with van der Waals surface area (Å²) in [5, 5.41) is 6.44. The molecule has 0 bridgehead atoms. The Labute approximate surface area is 162 Å². The molecule has 0 unspecified atom stereocenters. The first-order valence-electron chi connectivity index (χ1n) is 8.03. The van der Waals surface area contributed by atoms with Crippen molar-refractivity contribution in [1.82, 2.24) is 14.4 Å². The van der Waals surface area contributed by atoms with Gasteiger partial charge >= 0.3 is 0 Å². The summed E-state index contributed by atoms with van der Waals surface area (Å²) in [5.41, 5.74) is 4.24. The number of nitrogens with zero attached hydrogens (tertiary/aromatic N) is 3. The van der Waals surface area contributed by atoms with Crippen molar-refractivity contribution in [2.45, 2.75) is 13.5 Å². The van der Waals surface area contributed by atoms with Crippen LogP contribution in [0, 0.1) is 6.92 Å². The number of hydrogen-bond acceptors (Lipinski definition) is 5. The summed E-state index contributed by atoms with van der Waals surface area (Å²) in [5.74, 6) is 0. The molecule has 3 aromatic heterocycles. The van der Waals surface area contributed by atoms with E-state index in [0.29, 0.717) is 17.9 Å². The molecular formula is C19H15BrN4OS. The zero-order chi connectivity index (χ0) is 18.1. The Hall–Kier alpha value is -2.51. The fourth-order valence-electron chi connectivity index (χ4n) is 2.69. The number of anilines is 1. The van der Waals surface area contributed by atoms with Gasteiger partial charge in [-0.25, -0.2) is 9.97 Å². The van der Waals surface area contributed by atoms with E-state index in [-0.39, 0.29) is 5.56 Å². The van der Waals surface area contributed by atoms with Gasteiger partial charge in [0.25, 0.3) is 5.56 Å². The topological polar surface area (TPSA) is 59.3 Å². The van der Waals surface area contributed by atoms with Gasteiger partial charge in [-0.3, -0.25) is 9.20 Å². The second-order valence-electron chi connectivity index (χ2n) is 5.85. The molecule has 26 heavy (non-hydrogen) atoms. The number of halogens is 1. The molecule has 0 aliphatic carbocycles. The predicted octanol–water partition coefficient (Wildman–Crippen LogP) is 4.50. The third kappa shape index (κ3) is 3.54. The lowest BCUT2D eigenvalue weighted by Gasteiger charge is -2.08. The lowest BCUT2D eigenvalue weighted by molar-refractivity contribution is 0.968. The molecule has 0 saturated carbocycles. The van der Waals surface area contributed by atoms with Crippen molar-refractivity contribution < 1.29 is 0 Å². The first-order valence-corrected chi connectivity index (χ1v) is 9.70. The molecule has 0 saturated heterocycles. The first-order chi connectivity index (χ1) is 12.6. The van der Waals surface area contributed by atoms with E-state index >= 15 is 0 Å². The fraction of sp³-hybridized carbons (Fsp3) is 0.105. The van der Waals surface area contributed by atoms with Crippen LogP contribution in [0.2, 0.25) is 0 Å². The molecule has 0 spiro atoms. The maximum absolute atomic E-state index is 12.3. The molecule has 7 heteroatoms. The summed E-state index contributed by atoms with van der Waals surface area (Å²) in [6.07, 6.45) is 1.72. The number of aryl methyl sites for hydroxylation is 1. The number of nitrogens with one attached hydrogen (secondary N) is 1. The number of benzene rings is 1. The van der Waals surface area contributed by atoms with E-state index < -0.39 is 0 Å². The smallest absolute Gasteiger partial charge is 0.258 e. The van der Waals surface area contributed by atoms with Gasteiger partial charge < -0.3 is 5.32 Å². The highest BCUT2D eigenvalue weighted by Gasteiger charge is 2.05. The molecular weight excluding hydrogens is 412 g/mol. The highest BCUT2D eigenvalue weighted by Crippen LogP contribution is 2.24. The monoisotopic (exact) mass is 426 g/mol. The van der Waals surface area contributed by atoms with Gasteiger partial charge in [0.1, 0.15) is 5.65 Å². The minimum absolute atomic E-state index is 0.0974. The van der Waals surface area contributed by atoms with E-state index in [1.54, 1.807) is 23.6 Å². The normalized spacial score (nSPS) is 11.0. The van der Waals surface area contributed by atoms with Crippen LogP contribution < -0.4 is 10.9 Å². The Kier molecular flexibility index (Phi) is 4.57. The average Bonchev–Trinajstić information content (AvgIpc) is 3.07. The van der Waals surface area contributed by atoms with Gasteiger partial charge in [-0.15, -0.1) is 11.3 Å². The van der Waals surface area contributed by atoms with Crippen LogP contribution in [0.4, 0.5) is 5.69 Å². The van der Waals surface area contributed by atoms with E-state index in [2.05, 4.69) is 42.7 Å². The summed E-state index contributed by atoms with van der Waals surface area (Å²) >= 11 is 5.01. The van der Waals surface area contributed by atoms with Crippen molar-refractivity contribution in [3.05, 3.63) is 79.6 Å². The second-order valence-corrected chi connectivity index (χ2v) is 7.83. The zero-order valence-corrected chi connectivity index (χ0v) is 16.3. The van der Waals surface area contributed by atoms with Gasteiger partial charge in [-0.2, -0.15) is 0 Å². The molecule has 0 fully saturated rings. The van der Waals surface area contributed by atoms with Gasteiger partial charge in [-0.1, -0.05) is 12.1 Å². The van der Waals surface area contributed by atoms with Crippen molar-refractivity contribution in [3.8, 4) is 11.3 Å². The average molecular weight is 427 g/mol. The van der Waals surface area contributed by atoms with E-state index in [1.807, 2.05) is 37.3 Å². The summed E-state index contributed by atoms with van der Waals surface area (Å²) < 4.78 is 2.37. The van der Waals surface area contributed by atoms with Gasteiger partial charge in [0.05, 0.1) is 22.9 Å². The summed E-state index contributed by atoms with van der Waals surface area (Å²) in [4.78, 5) is 21.3. The maximum Gasteiger partial charge on any atom is 0.258 e. The summed E-state index contributed by atoms with van der Waals surface area (Å²) in [6.45, 7) is 2.47. The van der Waals surface area contributed by atoms with E-state index in [0.717, 1.165) is 26.4 Å². The highest BCUT2D eigenvalue weighted by atomic mass is 79.9. The van der Waals surface area contributed by atoms with Crippen LogP contribution in [0.25, 0.3) is 16.9 Å². The zero-order valence-electron chi connectivity index (χ0n) is 13.9. The van der Waals surface area contributed by atoms with E-state index in [9.17, 15) is 4.79 Å². The van der Waals surface area contributed by atoms with E-state index in [1.165, 1.54) is 4.40 Å². The molecule has 4 rings (SSSR count). The molecule has 0 aliphatic rings. The Balaban J connectivity index is 1.57. The van der Waals surface area contributed by atoms with Crippen molar-refractivity contribution in [2.75, 3.05) is 5.32 Å². The molecule has 3 heterocycles. The largest absolute Gasteiger partial charge is 0.379 e. The van der Waals surface area contributed by atoms with Gasteiger partial charge in [0, 0.05) is 33.4 Å². The van der Waals surface area contributed by atoms with Crippen LogP contribution in [-0.4, -0.2) is 14.4 Å². The molecule has 0 amide bonds. The van der Waals surface area contributed by atoms with Crippen LogP contribution in [0.5, 0.6) is 0 Å². The third-order valence-corrected chi connectivity index (χ3v) is 5.17. The predicted molar refractivity (Wildman–Crippen MR) is 109 cm³/mol. The van der Waals surface area contributed by atoms with Crippen LogP contribution >= 0.6 is 27.3 Å². The first kappa shape index (κ1) is 16.9. The second kappa shape index (κ2) is 7.01. The van der Waals surface area contributed by atoms with E-state index in [4.69, 9.17) is 0 Å². The minimum atomic E-state index is -0.0974. The third-order valence-electron chi connectivity index (χ3n) is 3.93. The fourth-order valence-corrected chi connectivity index (χ4v) is 3.65. The van der Waals surface area contributed by atoms with Crippen LogP contribution in [0.1, 0.15) is 10.7 Å². The van der Waals surface area contributed by atoms with Gasteiger partial charge in [-0.05, 0) is 47.1 Å². The maximum atomic E-state index is 12.3. The Bertz CT molecular complexity index is 1150. The number of hydrogen-bond donors (Lipinski definition) is 1. The van der Waals surface area contributed by atoms with Gasteiger partial charge in [0.2, 0.25) is 0 Å². The molecule has 4 aromatic rings. The van der Waals surface area contributed by atoms with Crippen LogP contribution in [0.15, 0.2) is 63.3 Å². The van der Waals surface area contributed by atoms with Crippen molar-refractivity contribution in [1.29, 1.82) is 0 Å². The Morgan fingerprint density at radius 1 is 1.19 bits per heavy atom. The lowest BCUT2D eigenvalue weighted by Crippen LogP contribution is -2.16. The minimum Gasteiger partial charge on any atom is -0.379 e. The number of rotatable bonds is 4. The highest BCUT2D eigenvalue weighted by molar-refractivity contribution is 9.10. The Morgan fingerprint density at radius 2 is 2.08 bits per heavy atom. The Morgan fingerprint density at radius 3 is 2.88 bits per heavy atom. The number of pyridine rings is 1. The molecule has 5 nitrogen and oxygen atoms in total. The molecule has 0 aliphatic heterocycles. The molecule has 1 aromatic carbocycles. The van der Waals surface area contributed by atoms with Crippen molar-refractivity contribution >= 4 is 38.6 Å². The SMILES string of the molecule is Cc1nc(-c2cccc(NCc3cc(=O)n4cc(Br)ccc4n3)c2)cs1. The molecule has 0 atom stereocenters. The standard InChI is InChI=1S/C19H15BrN4OS/c1-12-22-17(11-26-12)13-3-2-4-15(7-13)21-9-16-8-19(25)24-10-14(20)5-6-18(24)23-16/h2-8,10-11,21H,9H2,1H3. The van der Waals surface area contributed by atoms with Gasteiger partial charge in [0.15, 0.2) is 0 Å². The number of fused-ring (bicyclic) bond motifs is 1. The molecule has 1 N–H and O–H groups in total. The number of aromatic nitrogens is 3. The summed E-state index contributed by atoms with van der Waals surface area (Å²) in [6, 6.07) is 13.3. The van der Waals surface area contributed by atoms with Crippen molar-refractivity contribution in [2.24, 2.45) is 0 Å². The summed E-state index contributed by atoms with van der Waals surface area (Å²) in [7, 11) is 0. The molecule has 0 radical (unpaired) electrons. The van der Waals surface area contributed by atoms with Crippen molar-refractivity contribution in [3.63, 3.8) is 0 Å². The van der Waals surface area contributed by atoms with Crippen LogP contribution in [-0.2, 0) is 6.54 Å². The lowest BCUT2D eigenvalue weighted by atomic mass is 10.1.